The van der Waals surface area contributed by atoms with Crippen molar-refractivity contribution in [2.75, 3.05) is 13.7 Å². The molecule has 4 unspecified atom stereocenters. The van der Waals surface area contributed by atoms with Crippen LogP contribution in [-0.2, 0) is 9.53 Å². The van der Waals surface area contributed by atoms with Crippen molar-refractivity contribution >= 4 is 5.91 Å². The molecule has 1 amide bonds. The normalized spacial score (nSPS) is 37.3. The topological polar surface area (TPSA) is 55.6 Å². The van der Waals surface area contributed by atoms with E-state index in [-0.39, 0.29) is 30.0 Å². The largest absolute Gasteiger partial charge is 0.376 e. The summed E-state index contributed by atoms with van der Waals surface area (Å²) in [5.41, 5.74) is 6.17. The molecule has 18 heavy (non-hydrogen) atoms. The van der Waals surface area contributed by atoms with E-state index in [1.165, 1.54) is 6.42 Å². The van der Waals surface area contributed by atoms with E-state index in [9.17, 15) is 4.79 Å². The van der Waals surface area contributed by atoms with Crippen LogP contribution in [0.1, 0.15) is 45.4 Å². The molecule has 0 aromatic carbocycles. The van der Waals surface area contributed by atoms with Crippen LogP contribution in [0.2, 0.25) is 0 Å². The van der Waals surface area contributed by atoms with Gasteiger partial charge in [0.05, 0.1) is 18.1 Å². The van der Waals surface area contributed by atoms with Crippen molar-refractivity contribution in [3.63, 3.8) is 0 Å². The Bertz CT molecular complexity index is 296. The maximum Gasteiger partial charge on any atom is 0.227 e. The molecule has 0 radical (unpaired) electrons. The Balaban J connectivity index is 2.00. The van der Waals surface area contributed by atoms with Crippen molar-refractivity contribution in [1.29, 1.82) is 0 Å². The number of hydrogen-bond acceptors (Lipinski definition) is 3. The lowest BCUT2D eigenvalue weighted by molar-refractivity contribution is -0.138. The van der Waals surface area contributed by atoms with Crippen LogP contribution in [0.15, 0.2) is 0 Å². The smallest absolute Gasteiger partial charge is 0.227 e. The van der Waals surface area contributed by atoms with Gasteiger partial charge in [-0.15, -0.1) is 0 Å². The van der Waals surface area contributed by atoms with E-state index in [4.69, 9.17) is 10.5 Å². The summed E-state index contributed by atoms with van der Waals surface area (Å²) in [6.07, 6.45) is 6.55. The van der Waals surface area contributed by atoms with E-state index in [1.54, 1.807) is 0 Å². The van der Waals surface area contributed by atoms with E-state index >= 15 is 0 Å². The molecule has 0 bridgehead atoms. The standard InChI is InChI=1S/C14H26N2O2/c1-10-13(8-9-18-10)16(2)14(17)11-6-4-3-5-7-12(11)15/h10-13H,3-9,15H2,1-2H3. The predicted molar refractivity (Wildman–Crippen MR) is 71.1 cm³/mol. The van der Waals surface area contributed by atoms with E-state index in [1.807, 2.05) is 11.9 Å². The molecule has 2 fully saturated rings. The van der Waals surface area contributed by atoms with Crippen molar-refractivity contribution in [1.82, 2.24) is 4.90 Å². The van der Waals surface area contributed by atoms with Gasteiger partial charge in [-0.3, -0.25) is 4.79 Å². The van der Waals surface area contributed by atoms with Crippen LogP contribution in [0, 0.1) is 5.92 Å². The van der Waals surface area contributed by atoms with Crippen LogP contribution in [0.25, 0.3) is 0 Å². The molecule has 1 heterocycles. The van der Waals surface area contributed by atoms with Crippen molar-refractivity contribution in [3.8, 4) is 0 Å². The molecule has 1 aliphatic carbocycles. The van der Waals surface area contributed by atoms with Gasteiger partial charge in [-0.2, -0.15) is 0 Å². The predicted octanol–water partition coefficient (Wildman–Crippen LogP) is 1.53. The van der Waals surface area contributed by atoms with Gasteiger partial charge in [-0.05, 0) is 26.2 Å². The molecule has 0 aromatic heterocycles. The Morgan fingerprint density at radius 1 is 1.22 bits per heavy atom. The van der Waals surface area contributed by atoms with Gasteiger partial charge in [0.1, 0.15) is 0 Å². The van der Waals surface area contributed by atoms with Gasteiger partial charge in [0.25, 0.3) is 0 Å². The molecule has 2 aliphatic rings. The zero-order chi connectivity index (χ0) is 13.1. The van der Waals surface area contributed by atoms with Crippen molar-refractivity contribution in [2.24, 2.45) is 11.7 Å². The van der Waals surface area contributed by atoms with Gasteiger partial charge in [-0.1, -0.05) is 19.3 Å². The number of carbonyl (C=O) groups excluding carboxylic acids is 1. The summed E-state index contributed by atoms with van der Waals surface area (Å²) in [5, 5.41) is 0. The molecule has 4 nitrogen and oxygen atoms in total. The summed E-state index contributed by atoms with van der Waals surface area (Å²) < 4.78 is 5.55. The van der Waals surface area contributed by atoms with Crippen LogP contribution in [-0.4, -0.2) is 42.6 Å². The number of rotatable bonds is 2. The third kappa shape index (κ3) is 2.86. The van der Waals surface area contributed by atoms with Gasteiger partial charge in [-0.25, -0.2) is 0 Å². The summed E-state index contributed by atoms with van der Waals surface area (Å²) >= 11 is 0. The highest BCUT2D eigenvalue weighted by Crippen LogP contribution is 2.26. The molecule has 1 aliphatic heterocycles. The van der Waals surface area contributed by atoms with E-state index in [2.05, 4.69) is 6.92 Å². The minimum atomic E-state index is 0.0188. The highest BCUT2D eigenvalue weighted by molar-refractivity contribution is 5.79. The SMILES string of the molecule is CC1OCCC1N(C)C(=O)C1CCCCCC1N. The minimum Gasteiger partial charge on any atom is -0.376 e. The molecular formula is C14H26N2O2. The fourth-order valence-electron chi connectivity index (χ4n) is 3.30. The number of likely N-dealkylation sites (N-methyl/N-ethyl adjacent to an activating group) is 1. The van der Waals surface area contributed by atoms with Gasteiger partial charge in [0.2, 0.25) is 5.91 Å². The Labute approximate surface area is 110 Å². The zero-order valence-electron chi connectivity index (χ0n) is 11.6. The Hall–Kier alpha value is -0.610. The third-order valence-electron chi connectivity index (χ3n) is 4.57. The summed E-state index contributed by atoms with van der Waals surface area (Å²) in [6, 6.07) is 0.271. The first-order chi connectivity index (χ1) is 8.61. The molecule has 2 N–H and O–H groups in total. The lowest BCUT2D eigenvalue weighted by Crippen LogP contribution is -2.48. The second-order valence-corrected chi connectivity index (χ2v) is 5.79. The van der Waals surface area contributed by atoms with Gasteiger partial charge >= 0.3 is 0 Å². The van der Waals surface area contributed by atoms with Crippen LogP contribution >= 0.6 is 0 Å². The van der Waals surface area contributed by atoms with Gasteiger partial charge in [0.15, 0.2) is 0 Å². The molecule has 104 valence electrons. The average molecular weight is 254 g/mol. The Morgan fingerprint density at radius 3 is 2.61 bits per heavy atom. The van der Waals surface area contributed by atoms with Gasteiger partial charge < -0.3 is 15.4 Å². The zero-order valence-corrected chi connectivity index (χ0v) is 11.6. The number of hydrogen-bond donors (Lipinski definition) is 1. The van der Waals surface area contributed by atoms with Crippen LogP contribution < -0.4 is 5.73 Å². The van der Waals surface area contributed by atoms with Crippen LogP contribution in [0.4, 0.5) is 0 Å². The third-order valence-corrected chi connectivity index (χ3v) is 4.57. The minimum absolute atomic E-state index is 0.0188. The Kier molecular flexibility index (Phi) is 4.62. The monoisotopic (exact) mass is 254 g/mol. The van der Waals surface area contributed by atoms with E-state index in [0.717, 1.165) is 38.7 Å². The molecule has 1 saturated heterocycles. The fraction of sp³-hybridized carbons (Fsp3) is 0.929. The van der Waals surface area contributed by atoms with E-state index in [0.29, 0.717) is 0 Å². The number of nitrogens with two attached hydrogens (primary N) is 1. The van der Waals surface area contributed by atoms with Crippen molar-refractivity contribution < 1.29 is 9.53 Å². The second kappa shape index (κ2) is 6.02. The summed E-state index contributed by atoms with van der Waals surface area (Å²) in [6.45, 7) is 2.81. The highest BCUT2D eigenvalue weighted by Gasteiger charge is 2.35. The van der Waals surface area contributed by atoms with Gasteiger partial charge in [0, 0.05) is 19.7 Å². The first kappa shape index (κ1) is 13.8. The first-order valence-electron chi connectivity index (χ1n) is 7.25. The molecule has 4 atom stereocenters. The summed E-state index contributed by atoms with van der Waals surface area (Å²) in [5.74, 6) is 0.247. The number of nitrogens with zero attached hydrogens (tertiary/aromatic N) is 1. The highest BCUT2D eigenvalue weighted by atomic mass is 16.5. The van der Waals surface area contributed by atoms with Crippen molar-refractivity contribution in [2.45, 2.75) is 63.6 Å². The number of carbonyl (C=O) groups is 1. The maximum atomic E-state index is 12.6. The lowest BCUT2D eigenvalue weighted by Gasteiger charge is -2.32. The van der Waals surface area contributed by atoms with Crippen LogP contribution in [0.3, 0.4) is 0 Å². The van der Waals surface area contributed by atoms with Crippen molar-refractivity contribution in [3.05, 3.63) is 0 Å². The lowest BCUT2D eigenvalue weighted by atomic mass is 9.93. The molecule has 0 spiro atoms. The average Bonchev–Trinajstić information content (AvgIpc) is 2.66. The molecule has 2 rings (SSSR count). The Morgan fingerprint density at radius 2 is 1.94 bits per heavy atom. The molecule has 1 saturated carbocycles. The maximum absolute atomic E-state index is 12.6. The number of ether oxygens (including phenoxy) is 1. The van der Waals surface area contributed by atoms with Crippen LogP contribution in [0.5, 0.6) is 0 Å². The quantitative estimate of drug-likeness (QED) is 0.760. The second-order valence-electron chi connectivity index (χ2n) is 5.79. The molecule has 0 aromatic rings. The molecule has 4 heteroatoms. The summed E-state index contributed by atoms with van der Waals surface area (Å²) in [7, 11) is 1.91. The van der Waals surface area contributed by atoms with E-state index < -0.39 is 0 Å². The molecular weight excluding hydrogens is 228 g/mol. The fourth-order valence-corrected chi connectivity index (χ4v) is 3.30. The number of amides is 1. The summed E-state index contributed by atoms with van der Waals surface area (Å²) in [4.78, 5) is 14.5. The first-order valence-corrected chi connectivity index (χ1v) is 7.25.